The van der Waals surface area contributed by atoms with Crippen molar-refractivity contribution in [3.8, 4) is 5.75 Å². The van der Waals surface area contributed by atoms with Crippen LogP contribution in [0.2, 0.25) is 0 Å². The summed E-state index contributed by atoms with van der Waals surface area (Å²) >= 11 is 0. The molecule has 1 aromatic carbocycles. The fourth-order valence-corrected chi connectivity index (χ4v) is 2.01. The third-order valence-corrected chi connectivity index (χ3v) is 3.34. The highest BCUT2D eigenvalue weighted by molar-refractivity contribution is 5.95. The topological polar surface area (TPSA) is 104 Å². The van der Waals surface area contributed by atoms with Crippen LogP contribution >= 0.6 is 0 Å². The Bertz CT molecular complexity index is 714. The number of ether oxygens (including phenoxy) is 2. The Hall–Kier alpha value is -2.87. The number of nitrogens with one attached hydrogen (secondary N) is 1. The van der Waals surface area contributed by atoms with E-state index in [2.05, 4.69) is 5.32 Å². The van der Waals surface area contributed by atoms with Crippen molar-refractivity contribution >= 4 is 11.8 Å². The molecule has 0 aliphatic heterocycles. The van der Waals surface area contributed by atoms with E-state index < -0.39 is 17.9 Å². The summed E-state index contributed by atoms with van der Waals surface area (Å²) in [5, 5.41) is 2.49. The maximum Gasteiger partial charge on any atom is 0.287 e. The maximum absolute atomic E-state index is 12.8. The van der Waals surface area contributed by atoms with Gasteiger partial charge in [-0.25, -0.2) is 4.39 Å². The molecule has 0 spiro atoms. The summed E-state index contributed by atoms with van der Waals surface area (Å²) in [6.07, 6.45) is 0.263. The molecular weight excluding hydrogens is 331 g/mol. The summed E-state index contributed by atoms with van der Waals surface area (Å²) in [4.78, 5) is 23.4. The third kappa shape index (κ3) is 5.61. The zero-order chi connectivity index (χ0) is 18.2. The number of halogens is 1. The van der Waals surface area contributed by atoms with Crippen LogP contribution in [0, 0.1) is 5.82 Å². The molecule has 1 atom stereocenters. The monoisotopic (exact) mass is 350 g/mol. The van der Waals surface area contributed by atoms with Crippen molar-refractivity contribution < 1.29 is 27.9 Å². The SMILES string of the molecule is COCCC(NC(=O)c1ccc(COc2ccc(F)cc2)o1)C(N)=O. The molecule has 2 rings (SSSR count). The van der Waals surface area contributed by atoms with E-state index in [1.807, 2.05) is 0 Å². The summed E-state index contributed by atoms with van der Waals surface area (Å²) in [7, 11) is 1.49. The predicted molar refractivity (Wildman–Crippen MR) is 86.4 cm³/mol. The van der Waals surface area contributed by atoms with Gasteiger partial charge >= 0.3 is 0 Å². The highest BCUT2D eigenvalue weighted by Crippen LogP contribution is 2.15. The summed E-state index contributed by atoms with van der Waals surface area (Å²) in [5.74, 6) is -0.674. The van der Waals surface area contributed by atoms with Crippen LogP contribution in [0.5, 0.6) is 5.75 Å². The van der Waals surface area contributed by atoms with Gasteiger partial charge in [0.2, 0.25) is 5.91 Å². The number of rotatable bonds is 9. The van der Waals surface area contributed by atoms with Gasteiger partial charge in [0.25, 0.3) is 5.91 Å². The van der Waals surface area contributed by atoms with Gasteiger partial charge in [-0.2, -0.15) is 0 Å². The number of carbonyl (C=O) groups excluding carboxylic acids is 2. The number of furan rings is 1. The van der Waals surface area contributed by atoms with Gasteiger partial charge in [-0.05, 0) is 42.8 Å². The molecule has 1 unspecified atom stereocenters. The molecule has 25 heavy (non-hydrogen) atoms. The largest absolute Gasteiger partial charge is 0.486 e. The molecule has 0 radical (unpaired) electrons. The van der Waals surface area contributed by atoms with Gasteiger partial charge in [0.15, 0.2) is 5.76 Å². The summed E-state index contributed by atoms with van der Waals surface area (Å²) in [6, 6.07) is 7.72. The number of methoxy groups -OCH3 is 1. The lowest BCUT2D eigenvalue weighted by Crippen LogP contribution is -2.45. The van der Waals surface area contributed by atoms with Gasteiger partial charge in [-0.1, -0.05) is 0 Å². The second-order valence-electron chi connectivity index (χ2n) is 5.22. The summed E-state index contributed by atoms with van der Waals surface area (Å²) in [6.45, 7) is 0.352. The van der Waals surface area contributed by atoms with Gasteiger partial charge in [0.05, 0.1) is 0 Å². The van der Waals surface area contributed by atoms with Crippen LogP contribution in [0.25, 0.3) is 0 Å². The second kappa shape index (κ2) is 8.84. The fraction of sp³-hybridized carbons (Fsp3) is 0.294. The highest BCUT2D eigenvalue weighted by Gasteiger charge is 2.20. The Labute approximate surface area is 143 Å². The lowest BCUT2D eigenvalue weighted by atomic mass is 10.2. The Kier molecular flexibility index (Phi) is 6.53. The number of carbonyl (C=O) groups is 2. The van der Waals surface area contributed by atoms with Gasteiger partial charge in [-0.3, -0.25) is 9.59 Å². The van der Waals surface area contributed by atoms with Gasteiger partial charge in [0.1, 0.15) is 30.0 Å². The molecule has 8 heteroatoms. The Morgan fingerprint density at radius 3 is 2.60 bits per heavy atom. The van der Waals surface area contributed by atoms with Crippen molar-refractivity contribution in [3.05, 3.63) is 53.7 Å². The zero-order valence-electron chi connectivity index (χ0n) is 13.7. The molecule has 7 nitrogen and oxygen atoms in total. The third-order valence-electron chi connectivity index (χ3n) is 3.34. The van der Waals surface area contributed by atoms with Crippen molar-refractivity contribution in [2.24, 2.45) is 5.73 Å². The van der Waals surface area contributed by atoms with E-state index in [4.69, 9.17) is 19.6 Å². The standard InChI is InChI=1S/C17H19FN2O5/c1-23-9-8-14(16(19)21)20-17(22)15-7-6-13(25-15)10-24-12-4-2-11(18)3-5-12/h2-7,14H,8-10H2,1H3,(H2,19,21)(H,20,22). The minimum absolute atomic E-state index is 0.0290. The molecule has 0 bridgehead atoms. The minimum atomic E-state index is -0.850. The molecule has 1 aromatic heterocycles. The smallest absolute Gasteiger partial charge is 0.287 e. The van der Waals surface area contributed by atoms with Crippen LogP contribution in [0.15, 0.2) is 40.8 Å². The predicted octanol–water partition coefficient (Wildman–Crippen LogP) is 1.62. The number of benzene rings is 1. The molecule has 3 N–H and O–H groups in total. The summed E-state index contributed by atoms with van der Waals surface area (Å²) < 4.78 is 28.5. The normalized spacial score (nSPS) is 11.8. The van der Waals surface area contributed by atoms with Gasteiger partial charge in [0, 0.05) is 13.7 Å². The molecule has 0 aliphatic carbocycles. The highest BCUT2D eigenvalue weighted by atomic mass is 19.1. The lowest BCUT2D eigenvalue weighted by molar-refractivity contribution is -0.120. The maximum atomic E-state index is 12.8. The van der Waals surface area contributed by atoms with E-state index in [-0.39, 0.29) is 31.2 Å². The Balaban J connectivity index is 1.91. The molecule has 1 heterocycles. The molecule has 2 amide bonds. The molecule has 0 saturated heterocycles. The Morgan fingerprint density at radius 1 is 1.24 bits per heavy atom. The lowest BCUT2D eigenvalue weighted by Gasteiger charge is -2.13. The first-order valence-electron chi connectivity index (χ1n) is 7.56. The van der Waals surface area contributed by atoms with E-state index in [0.717, 1.165) is 0 Å². The van der Waals surface area contributed by atoms with Crippen molar-refractivity contribution in [2.75, 3.05) is 13.7 Å². The molecule has 134 valence electrons. The Morgan fingerprint density at radius 2 is 1.96 bits per heavy atom. The van der Waals surface area contributed by atoms with Crippen molar-refractivity contribution in [1.82, 2.24) is 5.32 Å². The quantitative estimate of drug-likeness (QED) is 0.715. The fourth-order valence-electron chi connectivity index (χ4n) is 2.01. The van der Waals surface area contributed by atoms with Crippen LogP contribution in [0.3, 0.4) is 0 Å². The number of primary amides is 1. The van der Waals surface area contributed by atoms with Crippen LogP contribution < -0.4 is 15.8 Å². The van der Waals surface area contributed by atoms with Crippen molar-refractivity contribution in [2.45, 2.75) is 19.1 Å². The van der Waals surface area contributed by atoms with E-state index in [9.17, 15) is 14.0 Å². The van der Waals surface area contributed by atoms with E-state index in [0.29, 0.717) is 11.5 Å². The number of nitrogens with two attached hydrogens (primary N) is 1. The zero-order valence-corrected chi connectivity index (χ0v) is 13.7. The first-order chi connectivity index (χ1) is 12.0. The molecule has 0 saturated carbocycles. The van der Waals surface area contributed by atoms with Crippen LogP contribution in [0.1, 0.15) is 22.7 Å². The van der Waals surface area contributed by atoms with Crippen molar-refractivity contribution in [3.63, 3.8) is 0 Å². The second-order valence-corrected chi connectivity index (χ2v) is 5.22. The first kappa shape index (κ1) is 18.5. The van der Waals surface area contributed by atoms with E-state index >= 15 is 0 Å². The van der Waals surface area contributed by atoms with Gasteiger partial charge in [-0.15, -0.1) is 0 Å². The molecule has 0 fully saturated rings. The van der Waals surface area contributed by atoms with Crippen molar-refractivity contribution in [1.29, 1.82) is 0 Å². The number of hydrogen-bond acceptors (Lipinski definition) is 5. The van der Waals surface area contributed by atoms with Crippen LogP contribution in [-0.2, 0) is 16.1 Å². The summed E-state index contributed by atoms with van der Waals surface area (Å²) in [5.41, 5.74) is 5.25. The number of amides is 2. The van der Waals surface area contributed by atoms with E-state index in [1.54, 1.807) is 6.07 Å². The minimum Gasteiger partial charge on any atom is -0.486 e. The average molecular weight is 350 g/mol. The van der Waals surface area contributed by atoms with Gasteiger partial charge < -0.3 is 24.9 Å². The molecule has 2 aromatic rings. The molecular formula is C17H19FN2O5. The van der Waals surface area contributed by atoms with Crippen LogP contribution in [-0.4, -0.2) is 31.6 Å². The average Bonchev–Trinajstić information content (AvgIpc) is 3.07. The first-order valence-corrected chi connectivity index (χ1v) is 7.56. The number of hydrogen-bond donors (Lipinski definition) is 2. The molecule has 0 aliphatic rings. The van der Waals surface area contributed by atoms with Crippen LogP contribution in [0.4, 0.5) is 4.39 Å². The van der Waals surface area contributed by atoms with E-state index in [1.165, 1.54) is 37.4 Å².